The predicted molar refractivity (Wildman–Crippen MR) is 71.6 cm³/mol. The van der Waals surface area contributed by atoms with Crippen molar-refractivity contribution in [3.05, 3.63) is 0 Å². The maximum Gasteiger partial charge on any atom is 0.224 e. The van der Waals surface area contributed by atoms with E-state index in [1.807, 2.05) is 0 Å². The van der Waals surface area contributed by atoms with Crippen molar-refractivity contribution in [2.45, 2.75) is 59.9 Å². The molecule has 3 nitrogen and oxygen atoms in total. The first-order chi connectivity index (χ1) is 7.62. The number of hydrogen-bond donors (Lipinski definition) is 2. The minimum absolute atomic E-state index is 0.104. The van der Waals surface area contributed by atoms with Gasteiger partial charge in [-0.25, -0.2) is 0 Å². The van der Waals surface area contributed by atoms with Crippen LogP contribution in [0, 0.1) is 16.7 Å². The number of nitrogens with one attached hydrogen (secondary N) is 1. The number of nitrogens with two attached hydrogens (primary N) is 1. The van der Waals surface area contributed by atoms with Gasteiger partial charge in [0.2, 0.25) is 5.91 Å². The van der Waals surface area contributed by atoms with Crippen LogP contribution in [0.5, 0.6) is 0 Å². The van der Waals surface area contributed by atoms with E-state index >= 15 is 0 Å². The fourth-order valence-electron chi connectivity index (χ4n) is 2.72. The first kappa shape index (κ1) is 14.5. The van der Waals surface area contributed by atoms with E-state index in [1.54, 1.807) is 0 Å². The lowest BCUT2D eigenvalue weighted by molar-refractivity contribution is -0.123. The SMILES string of the molecule is CCC(N)(CC)CNC(=O)C1C(C)(C)C1(C)C. The Morgan fingerprint density at radius 1 is 1.18 bits per heavy atom. The van der Waals surface area contributed by atoms with E-state index in [0.717, 1.165) is 12.8 Å². The highest BCUT2D eigenvalue weighted by Gasteiger charge is 2.68. The number of amides is 1. The topological polar surface area (TPSA) is 55.1 Å². The number of rotatable bonds is 5. The van der Waals surface area contributed by atoms with Gasteiger partial charge in [0.05, 0.1) is 0 Å². The highest BCUT2D eigenvalue weighted by molar-refractivity contribution is 5.84. The lowest BCUT2D eigenvalue weighted by atomic mass is 9.94. The van der Waals surface area contributed by atoms with Crippen LogP contribution in [0.3, 0.4) is 0 Å². The van der Waals surface area contributed by atoms with Crippen LogP contribution in [-0.4, -0.2) is 18.0 Å². The Labute approximate surface area is 106 Å². The molecule has 0 aromatic rings. The Morgan fingerprint density at radius 3 is 1.88 bits per heavy atom. The van der Waals surface area contributed by atoms with Crippen molar-refractivity contribution in [2.75, 3.05) is 6.54 Å². The molecule has 0 aromatic heterocycles. The molecule has 0 bridgehead atoms. The summed E-state index contributed by atoms with van der Waals surface area (Å²) in [5, 5.41) is 3.03. The molecular formula is C14H28N2O. The Kier molecular flexibility index (Phi) is 3.64. The maximum absolute atomic E-state index is 12.1. The second-order valence-electron chi connectivity index (χ2n) is 6.66. The molecule has 0 radical (unpaired) electrons. The van der Waals surface area contributed by atoms with Crippen LogP contribution in [0.4, 0.5) is 0 Å². The van der Waals surface area contributed by atoms with Gasteiger partial charge in [-0.15, -0.1) is 0 Å². The van der Waals surface area contributed by atoms with Crippen LogP contribution >= 0.6 is 0 Å². The minimum atomic E-state index is -0.251. The van der Waals surface area contributed by atoms with Crippen molar-refractivity contribution in [3.8, 4) is 0 Å². The predicted octanol–water partition coefficient (Wildman–Crippen LogP) is 2.30. The molecule has 1 saturated carbocycles. The third-order valence-electron chi connectivity index (χ3n) is 5.31. The van der Waals surface area contributed by atoms with E-state index in [1.165, 1.54) is 0 Å². The van der Waals surface area contributed by atoms with Gasteiger partial charge in [0, 0.05) is 18.0 Å². The lowest BCUT2D eigenvalue weighted by Gasteiger charge is -2.27. The first-order valence-corrected chi connectivity index (χ1v) is 6.69. The molecular weight excluding hydrogens is 212 g/mol. The van der Waals surface area contributed by atoms with Gasteiger partial charge in [-0.05, 0) is 23.7 Å². The Hall–Kier alpha value is -0.570. The van der Waals surface area contributed by atoms with Crippen LogP contribution in [0.15, 0.2) is 0 Å². The second-order valence-corrected chi connectivity index (χ2v) is 6.66. The average molecular weight is 240 g/mol. The number of carbonyl (C=O) groups excluding carboxylic acids is 1. The summed E-state index contributed by atoms with van der Waals surface area (Å²) < 4.78 is 0. The van der Waals surface area contributed by atoms with Crippen molar-refractivity contribution in [3.63, 3.8) is 0 Å². The van der Waals surface area contributed by atoms with Gasteiger partial charge in [0.1, 0.15) is 0 Å². The molecule has 17 heavy (non-hydrogen) atoms. The van der Waals surface area contributed by atoms with Gasteiger partial charge in [0.15, 0.2) is 0 Å². The van der Waals surface area contributed by atoms with Gasteiger partial charge < -0.3 is 11.1 Å². The molecule has 1 amide bonds. The van der Waals surface area contributed by atoms with Gasteiger partial charge in [-0.3, -0.25) is 4.79 Å². The Bertz CT molecular complexity index is 289. The van der Waals surface area contributed by atoms with E-state index in [4.69, 9.17) is 5.73 Å². The van der Waals surface area contributed by atoms with Crippen LogP contribution in [0.2, 0.25) is 0 Å². The normalized spacial score (nSPS) is 22.3. The summed E-state index contributed by atoms with van der Waals surface area (Å²) >= 11 is 0. The van der Waals surface area contributed by atoms with E-state index in [0.29, 0.717) is 6.54 Å². The van der Waals surface area contributed by atoms with Crippen LogP contribution in [0.25, 0.3) is 0 Å². The zero-order chi connectivity index (χ0) is 13.5. The van der Waals surface area contributed by atoms with Crippen molar-refractivity contribution in [1.29, 1.82) is 0 Å². The summed E-state index contributed by atoms with van der Waals surface area (Å²) in [6.07, 6.45) is 1.78. The van der Waals surface area contributed by atoms with Crippen molar-refractivity contribution in [2.24, 2.45) is 22.5 Å². The minimum Gasteiger partial charge on any atom is -0.354 e. The van der Waals surface area contributed by atoms with Crippen LogP contribution in [0.1, 0.15) is 54.4 Å². The molecule has 0 heterocycles. The van der Waals surface area contributed by atoms with E-state index in [9.17, 15) is 4.79 Å². The van der Waals surface area contributed by atoms with Gasteiger partial charge >= 0.3 is 0 Å². The summed E-state index contributed by atoms with van der Waals surface area (Å²) in [5.74, 6) is 0.282. The number of hydrogen-bond acceptors (Lipinski definition) is 2. The molecule has 1 aliphatic rings. The van der Waals surface area contributed by atoms with Crippen LogP contribution < -0.4 is 11.1 Å². The summed E-state index contributed by atoms with van der Waals surface area (Å²) in [6, 6.07) is 0. The standard InChI is InChI=1S/C14H28N2O/c1-7-14(15,8-2)9-16-11(17)10-12(3,4)13(10,5)6/h10H,7-9,15H2,1-6H3,(H,16,17). The fourth-order valence-corrected chi connectivity index (χ4v) is 2.72. The quantitative estimate of drug-likeness (QED) is 0.774. The Morgan fingerprint density at radius 2 is 1.59 bits per heavy atom. The van der Waals surface area contributed by atoms with E-state index < -0.39 is 0 Å². The highest BCUT2D eigenvalue weighted by atomic mass is 16.2. The molecule has 0 spiro atoms. The van der Waals surface area contributed by atoms with Gasteiger partial charge in [-0.1, -0.05) is 41.5 Å². The third-order valence-corrected chi connectivity index (χ3v) is 5.31. The molecule has 3 heteroatoms. The molecule has 1 aliphatic carbocycles. The van der Waals surface area contributed by atoms with Crippen molar-refractivity contribution in [1.82, 2.24) is 5.32 Å². The maximum atomic E-state index is 12.1. The van der Waals surface area contributed by atoms with Gasteiger partial charge in [0.25, 0.3) is 0 Å². The molecule has 3 N–H and O–H groups in total. The van der Waals surface area contributed by atoms with E-state index in [2.05, 4.69) is 46.9 Å². The summed E-state index contributed by atoms with van der Waals surface area (Å²) in [6.45, 7) is 13.4. The second kappa shape index (κ2) is 4.27. The third kappa shape index (κ3) is 2.35. The largest absolute Gasteiger partial charge is 0.354 e. The summed E-state index contributed by atoms with van der Waals surface area (Å²) in [5.41, 5.74) is 6.14. The lowest BCUT2D eigenvalue weighted by Crippen LogP contribution is -2.49. The van der Waals surface area contributed by atoms with Crippen LogP contribution in [-0.2, 0) is 4.79 Å². The number of carbonyl (C=O) groups is 1. The van der Waals surface area contributed by atoms with Gasteiger partial charge in [-0.2, -0.15) is 0 Å². The molecule has 0 unspecified atom stereocenters. The smallest absolute Gasteiger partial charge is 0.224 e. The van der Waals surface area contributed by atoms with Crippen molar-refractivity contribution >= 4 is 5.91 Å². The first-order valence-electron chi connectivity index (χ1n) is 6.69. The molecule has 100 valence electrons. The molecule has 0 atom stereocenters. The van der Waals surface area contributed by atoms with E-state index in [-0.39, 0.29) is 28.2 Å². The molecule has 0 aromatic carbocycles. The Balaban J connectivity index is 2.54. The zero-order valence-electron chi connectivity index (χ0n) is 12.2. The average Bonchev–Trinajstić information content (AvgIpc) is 2.66. The molecule has 1 rings (SSSR count). The molecule has 0 aliphatic heterocycles. The fraction of sp³-hybridized carbons (Fsp3) is 0.929. The molecule has 0 saturated heterocycles. The zero-order valence-corrected chi connectivity index (χ0v) is 12.2. The van der Waals surface area contributed by atoms with Crippen molar-refractivity contribution < 1.29 is 4.79 Å². The summed E-state index contributed by atoms with van der Waals surface area (Å²) in [4.78, 5) is 12.1. The highest BCUT2D eigenvalue weighted by Crippen LogP contribution is 2.68. The monoisotopic (exact) mass is 240 g/mol. The summed E-state index contributed by atoms with van der Waals surface area (Å²) in [7, 11) is 0. The molecule has 1 fully saturated rings.